The SMILES string of the molecule is O=C(O)c1ccc(-c2c3cc(F)c(=O)cc-3oc3cc(O)c(F)cc23)c(S(=O)(=O)O)c1. The third-order valence-electron chi connectivity index (χ3n) is 4.62. The van der Waals surface area contributed by atoms with Gasteiger partial charge in [-0.05, 0) is 24.3 Å². The lowest BCUT2D eigenvalue weighted by atomic mass is 9.93. The molecule has 0 spiro atoms. The minimum Gasteiger partial charge on any atom is -0.505 e. The Balaban J connectivity index is 2.27. The Hall–Kier alpha value is -3.83. The summed E-state index contributed by atoms with van der Waals surface area (Å²) in [6, 6.07) is 5.96. The molecule has 11 heteroatoms. The maximum absolute atomic E-state index is 14.1. The second-order valence-corrected chi connectivity index (χ2v) is 7.94. The standard InChI is InChI=1S/C20H10F2O8S/c21-12-4-10-16(6-14(12)23)30-17-7-15(24)13(22)5-11(17)19(10)9-2-1-8(20(25)26)3-18(9)31(27,28)29/h1-7,23H,(H,25,26)(H,27,28,29). The summed E-state index contributed by atoms with van der Waals surface area (Å²) in [7, 11) is -5.00. The predicted molar refractivity (Wildman–Crippen MR) is 103 cm³/mol. The summed E-state index contributed by atoms with van der Waals surface area (Å²) < 4.78 is 67.4. The summed E-state index contributed by atoms with van der Waals surface area (Å²) in [5, 5.41) is 18.7. The zero-order chi connectivity index (χ0) is 22.7. The van der Waals surface area contributed by atoms with Crippen molar-refractivity contribution in [3.63, 3.8) is 0 Å². The molecule has 3 N–H and O–H groups in total. The van der Waals surface area contributed by atoms with Gasteiger partial charge in [-0.1, -0.05) is 6.07 Å². The number of carboxylic acid groups (broad SMARTS) is 1. The normalized spacial score (nSPS) is 11.8. The van der Waals surface area contributed by atoms with Crippen LogP contribution in [0.3, 0.4) is 0 Å². The van der Waals surface area contributed by atoms with E-state index in [2.05, 4.69) is 0 Å². The Morgan fingerprint density at radius 2 is 1.68 bits per heavy atom. The van der Waals surface area contributed by atoms with Gasteiger partial charge < -0.3 is 14.6 Å². The molecule has 158 valence electrons. The van der Waals surface area contributed by atoms with E-state index >= 15 is 0 Å². The van der Waals surface area contributed by atoms with E-state index in [9.17, 15) is 36.4 Å². The van der Waals surface area contributed by atoms with Crippen molar-refractivity contribution >= 4 is 27.1 Å². The van der Waals surface area contributed by atoms with Crippen molar-refractivity contribution in [3.05, 3.63) is 69.9 Å². The van der Waals surface area contributed by atoms with Crippen LogP contribution in [0.15, 0.2) is 56.6 Å². The van der Waals surface area contributed by atoms with Crippen molar-refractivity contribution < 1.29 is 41.2 Å². The maximum atomic E-state index is 14.1. The Morgan fingerprint density at radius 1 is 0.968 bits per heavy atom. The van der Waals surface area contributed by atoms with Gasteiger partial charge in [0.05, 0.1) is 5.56 Å². The lowest BCUT2D eigenvalue weighted by molar-refractivity contribution is 0.0696. The number of halogens is 2. The van der Waals surface area contributed by atoms with E-state index in [-0.39, 0.29) is 33.4 Å². The second kappa shape index (κ2) is 6.86. The van der Waals surface area contributed by atoms with Crippen LogP contribution >= 0.6 is 0 Å². The first-order chi connectivity index (χ1) is 14.5. The maximum Gasteiger partial charge on any atom is 0.335 e. The Kier molecular flexibility index (Phi) is 4.52. The van der Waals surface area contributed by atoms with Gasteiger partial charge in [-0.25, -0.2) is 13.6 Å². The number of hydrogen-bond acceptors (Lipinski definition) is 6. The smallest absolute Gasteiger partial charge is 0.335 e. The zero-order valence-electron chi connectivity index (χ0n) is 15.1. The molecule has 0 unspecified atom stereocenters. The predicted octanol–water partition coefficient (Wildman–Crippen LogP) is 3.49. The van der Waals surface area contributed by atoms with E-state index in [0.29, 0.717) is 6.07 Å². The summed E-state index contributed by atoms with van der Waals surface area (Å²) >= 11 is 0. The van der Waals surface area contributed by atoms with Gasteiger partial charge in [0.1, 0.15) is 16.2 Å². The second-order valence-electron chi connectivity index (χ2n) is 6.55. The molecule has 0 bridgehead atoms. The zero-order valence-corrected chi connectivity index (χ0v) is 15.9. The topological polar surface area (TPSA) is 142 Å². The fourth-order valence-electron chi connectivity index (χ4n) is 3.27. The van der Waals surface area contributed by atoms with Crippen molar-refractivity contribution in [1.29, 1.82) is 0 Å². The quantitative estimate of drug-likeness (QED) is 0.319. The lowest BCUT2D eigenvalue weighted by Crippen LogP contribution is -2.08. The minimum absolute atomic E-state index is 0.131. The van der Waals surface area contributed by atoms with Gasteiger partial charge in [-0.2, -0.15) is 8.42 Å². The molecule has 0 saturated carbocycles. The van der Waals surface area contributed by atoms with Crippen molar-refractivity contribution in [3.8, 4) is 28.2 Å². The monoisotopic (exact) mass is 448 g/mol. The molecule has 2 aromatic rings. The van der Waals surface area contributed by atoms with Crippen molar-refractivity contribution in [2.24, 2.45) is 0 Å². The van der Waals surface area contributed by atoms with Gasteiger partial charge >= 0.3 is 5.97 Å². The third-order valence-corrected chi connectivity index (χ3v) is 5.51. The van der Waals surface area contributed by atoms with Gasteiger partial charge in [0.2, 0.25) is 5.43 Å². The van der Waals surface area contributed by atoms with Crippen LogP contribution in [0.4, 0.5) is 8.78 Å². The van der Waals surface area contributed by atoms with Gasteiger partial charge in [0.25, 0.3) is 10.1 Å². The minimum atomic E-state index is -5.00. The van der Waals surface area contributed by atoms with Crippen molar-refractivity contribution in [2.75, 3.05) is 0 Å². The number of benzene rings is 3. The molecule has 4 rings (SSSR count). The Labute approximate surface area is 171 Å². The van der Waals surface area contributed by atoms with Crippen LogP contribution in [0, 0.1) is 11.6 Å². The summed E-state index contributed by atoms with van der Waals surface area (Å²) in [5.74, 6) is -4.82. The van der Waals surface area contributed by atoms with E-state index in [1.807, 2.05) is 0 Å². The molecule has 2 aromatic carbocycles. The van der Waals surface area contributed by atoms with E-state index in [4.69, 9.17) is 9.52 Å². The first-order valence-electron chi connectivity index (χ1n) is 8.41. The number of aromatic carboxylic acids is 1. The van der Waals surface area contributed by atoms with Crippen molar-refractivity contribution in [2.45, 2.75) is 4.90 Å². The van der Waals surface area contributed by atoms with Gasteiger partial charge in [0, 0.05) is 34.2 Å². The third kappa shape index (κ3) is 3.39. The molecule has 0 fully saturated rings. The molecule has 0 aromatic heterocycles. The molecule has 1 heterocycles. The first-order valence-corrected chi connectivity index (χ1v) is 9.85. The van der Waals surface area contributed by atoms with Crippen LogP contribution in [0.5, 0.6) is 5.75 Å². The number of hydrogen-bond donors (Lipinski definition) is 3. The molecule has 1 aliphatic carbocycles. The van der Waals surface area contributed by atoms with Crippen LogP contribution in [-0.4, -0.2) is 29.2 Å². The highest BCUT2D eigenvalue weighted by atomic mass is 32.2. The summed E-state index contributed by atoms with van der Waals surface area (Å²) in [4.78, 5) is 22.2. The number of aromatic hydroxyl groups is 1. The molecule has 8 nitrogen and oxygen atoms in total. The Morgan fingerprint density at radius 3 is 2.32 bits per heavy atom. The molecule has 31 heavy (non-hydrogen) atoms. The average Bonchev–Trinajstić information content (AvgIpc) is 2.68. The number of phenolic OH excluding ortho intramolecular Hbond substituents is 1. The number of carbonyl (C=O) groups is 1. The van der Waals surface area contributed by atoms with E-state index in [1.54, 1.807) is 0 Å². The highest BCUT2D eigenvalue weighted by Crippen LogP contribution is 2.43. The lowest BCUT2D eigenvalue weighted by Gasteiger charge is -2.17. The first kappa shape index (κ1) is 20.4. The molecular formula is C20H10F2O8S. The molecule has 0 radical (unpaired) electrons. The molecular weight excluding hydrogens is 438 g/mol. The average molecular weight is 448 g/mol. The highest BCUT2D eigenvalue weighted by molar-refractivity contribution is 7.86. The number of phenols is 1. The van der Waals surface area contributed by atoms with Crippen LogP contribution in [-0.2, 0) is 10.1 Å². The molecule has 2 aliphatic rings. The largest absolute Gasteiger partial charge is 0.505 e. The fraction of sp³-hybridized carbons (Fsp3) is 0. The Bertz CT molecular complexity index is 1540. The summed E-state index contributed by atoms with van der Waals surface area (Å²) in [6.07, 6.45) is 0. The van der Waals surface area contributed by atoms with Gasteiger partial charge in [0.15, 0.2) is 17.4 Å². The highest BCUT2D eigenvalue weighted by Gasteiger charge is 2.26. The van der Waals surface area contributed by atoms with E-state index in [0.717, 1.165) is 36.4 Å². The van der Waals surface area contributed by atoms with E-state index in [1.165, 1.54) is 0 Å². The molecule has 0 atom stereocenters. The number of rotatable bonds is 3. The van der Waals surface area contributed by atoms with Crippen LogP contribution < -0.4 is 5.43 Å². The molecule has 0 amide bonds. The number of fused-ring (bicyclic) bond motifs is 2. The van der Waals surface area contributed by atoms with Crippen molar-refractivity contribution in [1.82, 2.24) is 0 Å². The number of carboxylic acids is 1. The molecule has 1 aliphatic heterocycles. The van der Waals surface area contributed by atoms with Gasteiger partial charge in [-0.15, -0.1) is 0 Å². The van der Waals surface area contributed by atoms with E-state index < -0.39 is 49.4 Å². The fourth-order valence-corrected chi connectivity index (χ4v) is 3.99. The van der Waals surface area contributed by atoms with Crippen LogP contribution in [0.1, 0.15) is 10.4 Å². The summed E-state index contributed by atoms with van der Waals surface area (Å²) in [5.41, 5.74) is -2.31. The summed E-state index contributed by atoms with van der Waals surface area (Å²) in [6.45, 7) is 0. The molecule has 0 saturated heterocycles. The van der Waals surface area contributed by atoms with Crippen LogP contribution in [0.25, 0.3) is 33.4 Å². The van der Waals surface area contributed by atoms with Gasteiger partial charge in [-0.3, -0.25) is 9.35 Å². The van der Waals surface area contributed by atoms with Crippen LogP contribution in [0.2, 0.25) is 0 Å².